The van der Waals surface area contributed by atoms with E-state index >= 15 is 0 Å². The summed E-state index contributed by atoms with van der Waals surface area (Å²) in [6.07, 6.45) is 0.657. The van der Waals surface area contributed by atoms with E-state index in [0.717, 1.165) is 11.3 Å². The molecule has 1 aliphatic heterocycles. The normalized spacial score (nSPS) is 13.4. The van der Waals surface area contributed by atoms with Gasteiger partial charge in [-0.3, -0.25) is 15.0 Å². The van der Waals surface area contributed by atoms with Gasteiger partial charge in [-0.1, -0.05) is 0 Å². The second-order valence-electron chi connectivity index (χ2n) is 3.53. The first-order valence-electron chi connectivity index (χ1n) is 4.90. The van der Waals surface area contributed by atoms with Gasteiger partial charge in [-0.15, -0.1) is 0 Å². The molecular formula is C10H11N3O3. The quantitative estimate of drug-likeness (QED) is 0.573. The third-order valence-corrected chi connectivity index (χ3v) is 2.63. The molecule has 0 aliphatic carbocycles. The second kappa shape index (κ2) is 3.80. The summed E-state index contributed by atoms with van der Waals surface area (Å²) in [4.78, 5) is 23.2. The lowest BCUT2D eigenvalue weighted by atomic mass is 10.1. The standard InChI is InChI=1S/C10H11N3O3/c1-11-10(14)12-5-4-7-6-8(13(15)16)2-3-9(7)12/h2-3,6H,4-5H2,1H3,(H,11,14). The van der Waals surface area contributed by atoms with Crippen LogP contribution in [0.1, 0.15) is 5.56 Å². The number of carbonyl (C=O) groups is 1. The van der Waals surface area contributed by atoms with Gasteiger partial charge in [0.2, 0.25) is 0 Å². The number of rotatable bonds is 1. The zero-order valence-electron chi connectivity index (χ0n) is 8.77. The number of fused-ring (bicyclic) bond motifs is 1. The number of anilines is 1. The van der Waals surface area contributed by atoms with Crippen LogP contribution in [0.4, 0.5) is 16.2 Å². The molecule has 2 amide bonds. The Hall–Kier alpha value is -2.11. The van der Waals surface area contributed by atoms with Crippen LogP contribution in [0.15, 0.2) is 18.2 Å². The fourth-order valence-corrected chi connectivity index (χ4v) is 1.85. The second-order valence-corrected chi connectivity index (χ2v) is 3.53. The molecule has 1 N–H and O–H groups in total. The summed E-state index contributed by atoms with van der Waals surface area (Å²) in [6, 6.07) is 4.38. The minimum absolute atomic E-state index is 0.0671. The number of benzene rings is 1. The van der Waals surface area contributed by atoms with Gasteiger partial charge < -0.3 is 5.32 Å². The van der Waals surface area contributed by atoms with E-state index in [1.165, 1.54) is 12.1 Å². The molecular weight excluding hydrogens is 210 g/mol. The molecule has 0 aromatic heterocycles. The van der Waals surface area contributed by atoms with Crippen LogP contribution in [0.2, 0.25) is 0 Å². The number of nitro benzene ring substituents is 1. The number of carbonyl (C=O) groups excluding carboxylic acids is 1. The summed E-state index contributed by atoms with van der Waals surface area (Å²) in [5, 5.41) is 13.1. The first kappa shape index (κ1) is 10.4. The average Bonchev–Trinajstić information content (AvgIpc) is 2.70. The molecule has 0 radical (unpaired) electrons. The molecule has 0 fully saturated rings. The third kappa shape index (κ3) is 1.58. The van der Waals surface area contributed by atoms with Crippen molar-refractivity contribution >= 4 is 17.4 Å². The van der Waals surface area contributed by atoms with E-state index in [2.05, 4.69) is 5.32 Å². The lowest BCUT2D eigenvalue weighted by Gasteiger charge is -2.15. The van der Waals surface area contributed by atoms with Crippen LogP contribution in [0.3, 0.4) is 0 Å². The van der Waals surface area contributed by atoms with E-state index in [9.17, 15) is 14.9 Å². The Labute approximate surface area is 92.0 Å². The Bertz CT molecular complexity index is 459. The fraction of sp³-hybridized carbons (Fsp3) is 0.300. The smallest absolute Gasteiger partial charge is 0.321 e. The summed E-state index contributed by atoms with van der Waals surface area (Å²) >= 11 is 0. The topological polar surface area (TPSA) is 75.5 Å². The Morgan fingerprint density at radius 3 is 2.94 bits per heavy atom. The van der Waals surface area contributed by atoms with Crippen molar-refractivity contribution in [3.8, 4) is 0 Å². The van der Waals surface area contributed by atoms with E-state index < -0.39 is 4.92 Å². The van der Waals surface area contributed by atoms with Crippen LogP contribution in [-0.4, -0.2) is 24.5 Å². The molecule has 0 unspecified atom stereocenters. The van der Waals surface area contributed by atoms with Crippen molar-refractivity contribution in [3.05, 3.63) is 33.9 Å². The van der Waals surface area contributed by atoms with Crippen LogP contribution in [-0.2, 0) is 6.42 Å². The number of non-ortho nitro benzene ring substituents is 1. The largest absolute Gasteiger partial charge is 0.341 e. The Morgan fingerprint density at radius 2 is 2.31 bits per heavy atom. The summed E-state index contributed by atoms with van der Waals surface area (Å²) in [7, 11) is 1.56. The molecule has 0 saturated carbocycles. The zero-order valence-corrected chi connectivity index (χ0v) is 8.77. The van der Waals surface area contributed by atoms with E-state index in [1.54, 1.807) is 18.0 Å². The maximum atomic E-state index is 11.5. The summed E-state index contributed by atoms with van der Waals surface area (Å²) in [5.41, 5.74) is 1.67. The minimum Gasteiger partial charge on any atom is -0.341 e. The maximum Gasteiger partial charge on any atom is 0.321 e. The molecule has 6 heteroatoms. The van der Waals surface area contributed by atoms with Gasteiger partial charge in [0, 0.05) is 31.4 Å². The van der Waals surface area contributed by atoms with E-state index in [0.29, 0.717) is 13.0 Å². The number of urea groups is 1. The molecule has 1 aromatic carbocycles. The SMILES string of the molecule is CNC(=O)N1CCc2cc([N+](=O)[O-])ccc21. The van der Waals surface area contributed by atoms with Gasteiger partial charge in [0.25, 0.3) is 5.69 Å². The maximum absolute atomic E-state index is 11.5. The van der Waals surface area contributed by atoms with E-state index in [1.807, 2.05) is 0 Å². The van der Waals surface area contributed by atoms with Crippen molar-refractivity contribution in [2.24, 2.45) is 0 Å². The summed E-state index contributed by atoms with van der Waals surface area (Å²) in [6.45, 7) is 0.566. The zero-order chi connectivity index (χ0) is 11.7. The van der Waals surface area contributed by atoms with Gasteiger partial charge in [0.05, 0.1) is 4.92 Å². The number of nitrogens with one attached hydrogen (secondary N) is 1. The number of hydrogen-bond acceptors (Lipinski definition) is 3. The number of amides is 2. The molecule has 16 heavy (non-hydrogen) atoms. The molecule has 0 spiro atoms. The van der Waals surface area contributed by atoms with Crippen molar-refractivity contribution in [2.45, 2.75) is 6.42 Å². The van der Waals surface area contributed by atoms with Gasteiger partial charge in [-0.25, -0.2) is 4.79 Å². The first-order valence-corrected chi connectivity index (χ1v) is 4.90. The lowest BCUT2D eigenvalue weighted by molar-refractivity contribution is -0.384. The number of hydrogen-bond donors (Lipinski definition) is 1. The van der Waals surface area contributed by atoms with Gasteiger partial charge in [0.15, 0.2) is 0 Å². The van der Waals surface area contributed by atoms with Gasteiger partial charge in [-0.05, 0) is 18.1 Å². The van der Waals surface area contributed by atoms with Crippen molar-refractivity contribution in [1.82, 2.24) is 5.32 Å². The monoisotopic (exact) mass is 221 g/mol. The molecule has 1 aromatic rings. The first-order chi connectivity index (χ1) is 7.63. The number of nitrogens with zero attached hydrogens (tertiary/aromatic N) is 2. The molecule has 0 bridgehead atoms. The third-order valence-electron chi connectivity index (χ3n) is 2.63. The molecule has 0 atom stereocenters. The van der Waals surface area contributed by atoms with Crippen LogP contribution in [0.5, 0.6) is 0 Å². The fourth-order valence-electron chi connectivity index (χ4n) is 1.85. The highest BCUT2D eigenvalue weighted by molar-refractivity contribution is 5.94. The van der Waals surface area contributed by atoms with Crippen LogP contribution < -0.4 is 10.2 Å². The van der Waals surface area contributed by atoms with Gasteiger partial charge >= 0.3 is 6.03 Å². The van der Waals surface area contributed by atoms with Crippen LogP contribution in [0.25, 0.3) is 0 Å². The van der Waals surface area contributed by atoms with Crippen LogP contribution in [0, 0.1) is 10.1 Å². The Balaban J connectivity index is 2.36. The average molecular weight is 221 g/mol. The summed E-state index contributed by atoms with van der Waals surface area (Å²) in [5.74, 6) is 0. The van der Waals surface area contributed by atoms with E-state index in [-0.39, 0.29) is 11.7 Å². The Kier molecular flexibility index (Phi) is 2.47. The summed E-state index contributed by atoms with van der Waals surface area (Å²) < 4.78 is 0. The highest BCUT2D eigenvalue weighted by Crippen LogP contribution is 2.30. The molecule has 1 aliphatic rings. The van der Waals surface area contributed by atoms with Crippen molar-refractivity contribution in [3.63, 3.8) is 0 Å². The highest BCUT2D eigenvalue weighted by atomic mass is 16.6. The molecule has 0 saturated heterocycles. The van der Waals surface area contributed by atoms with Crippen molar-refractivity contribution < 1.29 is 9.72 Å². The highest BCUT2D eigenvalue weighted by Gasteiger charge is 2.25. The molecule has 2 rings (SSSR count). The molecule has 1 heterocycles. The predicted molar refractivity (Wildman–Crippen MR) is 58.6 cm³/mol. The van der Waals surface area contributed by atoms with Gasteiger partial charge in [0.1, 0.15) is 0 Å². The number of nitro groups is 1. The minimum atomic E-state index is -0.428. The molecule has 84 valence electrons. The van der Waals surface area contributed by atoms with Gasteiger partial charge in [-0.2, -0.15) is 0 Å². The van der Waals surface area contributed by atoms with E-state index in [4.69, 9.17) is 0 Å². The van der Waals surface area contributed by atoms with Crippen molar-refractivity contribution in [1.29, 1.82) is 0 Å². The van der Waals surface area contributed by atoms with Crippen LogP contribution >= 0.6 is 0 Å². The predicted octanol–water partition coefficient (Wildman–Crippen LogP) is 1.30. The van der Waals surface area contributed by atoms with Crippen molar-refractivity contribution in [2.75, 3.05) is 18.5 Å². The molecule has 6 nitrogen and oxygen atoms in total. The Morgan fingerprint density at radius 1 is 1.56 bits per heavy atom. The lowest BCUT2D eigenvalue weighted by Crippen LogP contribution is -2.36.